The number of hydrogen-bond donors (Lipinski definition) is 2. The lowest BCUT2D eigenvalue weighted by molar-refractivity contribution is 0.305. The number of benzene rings is 2. The van der Waals surface area contributed by atoms with Crippen LogP contribution in [0.25, 0.3) is 5.69 Å². The predicted molar refractivity (Wildman–Crippen MR) is 84.4 cm³/mol. The third kappa shape index (κ3) is 3.15. The van der Waals surface area contributed by atoms with Gasteiger partial charge in [-0.25, -0.2) is 9.89 Å². The summed E-state index contributed by atoms with van der Waals surface area (Å²) in [6.07, 6.45) is 0. The lowest BCUT2D eigenvalue weighted by atomic mass is 10.2. The van der Waals surface area contributed by atoms with Gasteiger partial charge in [0, 0.05) is 17.7 Å². The van der Waals surface area contributed by atoms with Crippen molar-refractivity contribution in [3.05, 3.63) is 62.5 Å². The smallest absolute Gasteiger partial charge is 0.365 e. The molecule has 0 atom stereocenters. The highest BCUT2D eigenvalue weighted by Crippen LogP contribution is 2.35. The zero-order valence-corrected chi connectivity index (χ0v) is 13.0. The number of nitrogens with one attached hydrogen (secondary N) is 1. The molecule has 1 heterocycles. The number of phenols is 1. The van der Waals surface area contributed by atoms with Gasteiger partial charge in [-0.05, 0) is 16.5 Å². The van der Waals surface area contributed by atoms with Gasteiger partial charge in [-0.1, -0.05) is 41.4 Å². The molecule has 0 aliphatic carbocycles. The molecule has 118 valence electrons. The van der Waals surface area contributed by atoms with Gasteiger partial charge in [0.2, 0.25) is 0 Å². The van der Waals surface area contributed by atoms with Crippen molar-refractivity contribution < 1.29 is 9.84 Å². The summed E-state index contributed by atoms with van der Waals surface area (Å²) in [5.41, 5.74) is 0.777. The summed E-state index contributed by atoms with van der Waals surface area (Å²) >= 11 is 11.9. The van der Waals surface area contributed by atoms with Crippen molar-refractivity contribution in [2.75, 3.05) is 0 Å². The van der Waals surface area contributed by atoms with E-state index in [1.54, 1.807) is 24.3 Å². The first-order valence-corrected chi connectivity index (χ1v) is 7.21. The number of halogens is 2. The fraction of sp³-hybridized carbons (Fsp3) is 0.0714. The van der Waals surface area contributed by atoms with E-state index in [2.05, 4.69) is 15.5 Å². The van der Waals surface area contributed by atoms with Gasteiger partial charge in [-0.2, -0.15) is 4.68 Å². The van der Waals surface area contributed by atoms with Crippen LogP contribution < -0.4 is 10.4 Å². The lowest BCUT2D eigenvalue weighted by Crippen LogP contribution is -2.18. The zero-order valence-electron chi connectivity index (χ0n) is 11.5. The first-order valence-electron chi connectivity index (χ1n) is 6.45. The van der Waals surface area contributed by atoms with E-state index in [4.69, 9.17) is 27.9 Å². The molecule has 0 fully saturated rings. The molecule has 23 heavy (non-hydrogen) atoms. The second kappa shape index (κ2) is 6.31. The summed E-state index contributed by atoms with van der Waals surface area (Å²) in [7, 11) is 0. The van der Waals surface area contributed by atoms with E-state index in [0.29, 0.717) is 17.0 Å². The first kappa shape index (κ1) is 15.4. The van der Waals surface area contributed by atoms with Gasteiger partial charge < -0.3 is 9.84 Å². The van der Waals surface area contributed by atoms with Crippen molar-refractivity contribution in [3.63, 3.8) is 0 Å². The summed E-state index contributed by atoms with van der Waals surface area (Å²) in [5, 5.41) is 19.2. The number of aromatic hydroxyl groups is 1. The molecule has 0 aliphatic heterocycles. The van der Waals surface area contributed by atoms with Gasteiger partial charge in [0.1, 0.15) is 18.1 Å². The molecule has 0 unspecified atom stereocenters. The minimum absolute atomic E-state index is 0.121. The number of aromatic nitrogens is 4. The lowest BCUT2D eigenvalue weighted by Gasteiger charge is -2.12. The summed E-state index contributed by atoms with van der Waals surface area (Å²) < 4.78 is 6.77. The number of rotatable bonds is 4. The van der Waals surface area contributed by atoms with Crippen LogP contribution in [-0.2, 0) is 6.61 Å². The molecule has 0 saturated carbocycles. The maximum Gasteiger partial charge on any atom is 0.365 e. The van der Waals surface area contributed by atoms with E-state index >= 15 is 0 Å². The largest absolute Gasteiger partial charge is 0.506 e. The molecule has 0 spiro atoms. The van der Waals surface area contributed by atoms with Crippen LogP contribution in [0.5, 0.6) is 11.5 Å². The van der Waals surface area contributed by atoms with Crippen molar-refractivity contribution in [2.24, 2.45) is 0 Å². The number of ether oxygens (including phenoxy) is 1. The SMILES string of the molecule is O=c1[nH]nnn1-c1ccccc1COc1cc(Cl)c(O)cc1Cl. The molecule has 1 aromatic heterocycles. The summed E-state index contributed by atoms with van der Waals surface area (Å²) in [5.74, 6) is 0.190. The van der Waals surface area contributed by atoms with Gasteiger partial charge >= 0.3 is 5.69 Å². The number of aromatic amines is 1. The minimum Gasteiger partial charge on any atom is -0.506 e. The molecular weight excluding hydrogens is 343 g/mol. The van der Waals surface area contributed by atoms with E-state index in [1.165, 1.54) is 12.1 Å². The molecule has 0 aliphatic rings. The Balaban J connectivity index is 1.89. The Labute approximate surface area is 140 Å². The third-order valence-electron chi connectivity index (χ3n) is 3.08. The summed E-state index contributed by atoms with van der Waals surface area (Å²) in [6, 6.07) is 9.79. The maximum atomic E-state index is 11.7. The second-order valence-corrected chi connectivity index (χ2v) is 5.38. The van der Waals surface area contributed by atoms with E-state index in [0.717, 1.165) is 4.68 Å². The Morgan fingerprint density at radius 2 is 2.00 bits per heavy atom. The van der Waals surface area contributed by atoms with Crippen molar-refractivity contribution in [1.29, 1.82) is 0 Å². The van der Waals surface area contributed by atoms with Crippen molar-refractivity contribution in [2.45, 2.75) is 6.61 Å². The van der Waals surface area contributed by atoms with Crippen molar-refractivity contribution in [3.8, 4) is 17.2 Å². The predicted octanol–water partition coefficient (Wildman–Crippen LogP) is 2.55. The van der Waals surface area contributed by atoms with E-state index < -0.39 is 5.69 Å². The Kier molecular flexibility index (Phi) is 4.22. The Morgan fingerprint density at radius 1 is 1.22 bits per heavy atom. The highest BCUT2D eigenvalue weighted by molar-refractivity contribution is 6.35. The van der Waals surface area contributed by atoms with Crippen molar-refractivity contribution >= 4 is 23.2 Å². The second-order valence-electron chi connectivity index (χ2n) is 4.57. The van der Waals surface area contributed by atoms with Crippen LogP contribution in [0.4, 0.5) is 0 Å². The molecule has 7 nitrogen and oxygen atoms in total. The maximum absolute atomic E-state index is 11.7. The van der Waals surface area contributed by atoms with Crippen LogP contribution in [0.1, 0.15) is 5.56 Å². The molecular formula is C14H10Cl2N4O3. The topological polar surface area (TPSA) is 93.0 Å². The summed E-state index contributed by atoms with van der Waals surface area (Å²) in [6.45, 7) is 0.121. The number of nitrogens with zero attached hydrogens (tertiary/aromatic N) is 3. The molecule has 2 N–H and O–H groups in total. The van der Waals surface area contributed by atoms with Gasteiger partial charge in [0.15, 0.2) is 0 Å². The number of tetrazole rings is 1. The molecule has 0 bridgehead atoms. The fourth-order valence-electron chi connectivity index (χ4n) is 1.98. The Morgan fingerprint density at radius 3 is 2.74 bits per heavy atom. The van der Waals surface area contributed by atoms with Gasteiger partial charge in [-0.15, -0.1) is 0 Å². The van der Waals surface area contributed by atoms with E-state index in [1.807, 2.05) is 0 Å². The molecule has 9 heteroatoms. The molecule has 0 radical (unpaired) electrons. The van der Waals surface area contributed by atoms with Crippen LogP contribution in [0.2, 0.25) is 10.0 Å². The van der Waals surface area contributed by atoms with Gasteiger partial charge in [0.05, 0.1) is 15.7 Å². The van der Waals surface area contributed by atoms with E-state index in [9.17, 15) is 9.90 Å². The first-order chi connectivity index (χ1) is 11.1. The highest BCUT2D eigenvalue weighted by Gasteiger charge is 2.11. The average Bonchev–Trinajstić information content (AvgIpc) is 2.96. The monoisotopic (exact) mass is 352 g/mol. The quantitative estimate of drug-likeness (QED) is 0.752. The summed E-state index contributed by atoms with van der Waals surface area (Å²) in [4.78, 5) is 11.7. The molecule has 0 amide bonds. The molecule has 2 aromatic carbocycles. The molecule has 0 saturated heterocycles. The Hall–Kier alpha value is -2.51. The van der Waals surface area contributed by atoms with Crippen LogP contribution in [0.15, 0.2) is 41.2 Å². The van der Waals surface area contributed by atoms with Crippen LogP contribution in [0, 0.1) is 0 Å². The van der Waals surface area contributed by atoms with Gasteiger partial charge in [0.25, 0.3) is 0 Å². The Bertz CT molecular complexity index is 907. The van der Waals surface area contributed by atoms with Crippen LogP contribution >= 0.6 is 23.2 Å². The average molecular weight is 353 g/mol. The van der Waals surface area contributed by atoms with Crippen molar-refractivity contribution in [1.82, 2.24) is 20.2 Å². The molecule has 3 rings (SSSR count). The van der Waals surface area contributed by atoms with Gasteiger partial charge in [-0.3, -0.25) is 0 Å². The van der Waals surface area contributed by atoms with Crippen LogP contribution in [-0.4, -0.2) is 25.3 Å². The zero-order chi connectivity index (χ0) is 16.4. The standard InChI is InChI=1S/C14H10Cl2N4O3/c15-9-6-13(10(16)5-12(9)21)23-7-8-3-1-2-4-11(8)20-14(22)17-18-19-20/h1-6,21H,7H2,(H,17,19,22). The molecule has 3 aromatic rings. The highest BCUT2D eigenvalue weighted by atomic mass is 35.5. The van der Waals surface area contributed by atoms with E-state index in [-0.39, 0.29) is 22.4 Å². The third-order valence-corrected chi connectivity index (χ3v) is 3.67. The number of para-hydroxylation sites is 1. The van der Waals surface area contributed by atoms with Crippen LogP contribution in [0.3, 0.4) is 0 Å². The number of hydrogen-bond acceptors (Lipinski definition) is 5. The normalized spacial score (nSPS) is 10.7. The fourth-order valence-corrected chi connectivity index (χ4v) is 2.35. The number of phenolic OH excluding ortho intramolecular Hbond substituents is 1. The number of H-pyrrole nitrogens is 1. The minimum atomic E-state index is -0.455.